The van der Waals surface area contributed by atoms with Crippen LogP contribution in [0, 0.1) is 13.8 Å². The molecule has 1 atom stereocenters. The van der Waals surface area contributed by atoms with E-state index in [4.69, 9.17) is 4.74 Å². The van der Waals surface area contributed by atoms with Gasteiger partial charge in [-0.1, -0.05) is 0 Å². The predicted molar refractivity (Wildman–Crippen MR) is 91.8 cm³/mol. The number of rotatable bonds is 4. The number of morpholine rings is 1. The number of ether oxygens (including phenoxy) is 1. The van der Waals surface area contributed by atoms with E-state index in [9.17, 15) is 0 Å². The monoisotopic (exact) mass is 312 g/mol. The Kier molecular flexibility index (Phi) is 3.91. The molecule has 0 unspecified atom stereocenters. The zero-order valence-electron chi connectivity index (χ0n) is 13.9. The van der Waals surface area contributed by atoms with Crippen LogP contribution in [0.25, 0.3) is 10.9 Å². The number of aromatic nitrogens is 2. The highest BCUT2D eigenvalue weighted by atomic mass is 16.5. The lowest BCUT2D eigenvalue weighted by Crippen LogP contribution is -2.46. The third-order valence-corrected chi connectivity index (χ3v) is 4.98. The molecule has 2 fully saturated rings. The molecule has 2 heterocycles. The number of benzene rings is 1. The summed E-state index contributed by atoms with van der Waals surface area (Å²) >= 11 is 0. The molecule has 2 aliphatic rings. The van der Waals surface area contributed by atoms with Gasteiger partial charge in [-0.05, 0) is 49.9 Å². The third-order valence-electron chi connectivity index (χ3n) is 4.98. The van der Waals surface area contributed by atoms with E-state index < -0.39 is 0 Å². The molecule has 23 heavy (non-hydrogen) atoms. The molecule has 2 aromatic rings. The second-order valence-corrected chi connectivity index (χ2v) is 6.78. The molecule has 0 amide bonds. The van der Waals surface area contributed by atoms with Crippen LogP contribution in [0.2, 0.25) is 0 Å². The van der Waals surface area contributed by atoms with Gasteiger partial charge in [-0.2, -0.15) is 0 Å². The first-order valence-electron chi connectivity index (χ1n) is 8.52. The number of nitrogens with zero attached hydrogens (tertiary/aromatic N) is 3. The first-order chi connectivity index (χ1) is 11.2. The molecule has 1 N–H and O–H groups in total. The molecule has 0 radical (unpaired) electrons. The van der Waals surface area contributed by atoms with Gasteiger partial charge in [0.05, 0.1) is 18.2 Å². The molecule has 5 nitrogen and oxygen atoms in total. The number of nitrogens with one attached hydrogen (secondary N) is 1. The highest BCUT2D eigenvalue weighted by molar-refractivity contribution is 5.89. The largest absolute Gasteiger partial charge is 0.374 e. The van der Waals surface area contributed by atoms with Crippen molar-refractivity contribution in [2.75, 3.05) is 31.6 Å². The van der Waals surface area contributed by atoms with Crippen LogP contribution in [-0.4, -0.2) is 53.3 Å². The molecular weight excluding hydrogens is 288 g/mol. The SMILES string of the molecule is Cc1cc2ncnc(NC[C@H]3CN(C4CC4)CCO3)c2cc1C. The first-order valence-corrected chi connectivity index (χ1v) is 8.52. The van der Waals surface area contributed by atoms with Gasteiger partial charge in [0.1, 0.15) is 12.1 Å². The maximum Gasteiger partial charge on any atom is 0.137 e. The lowest BCUT2D eigenvalue weighted by molar-refractivity contribution is -0.0241. The van der Waals surface area contributed by atoms with Crippen molar-refractivity contribution >= 4 is 16.7 Å². The van der Waals surface area contributed by atoms with Crippen molar-refractivity contribution in [1.29, 1.82) is 0 Å². The van der Waals surface area contributed by atoms with E-state index >= 15 is 0 Å². The van der Waals surface area contributed by atoms with Gasteiger partial charge in [-0.25, -0.2) is 9.97 Å². The number of aryl methyl sites for hydroxylation is 2. The summed E-state index contributed by atoms with van der Waals surface area (Å²) in [5, 5.41) is 4.57. The Morgan fingerprint density at radius 1 is 1.22 bits per heavy atom. The molecule has 1 saturated heterocycles. The van der Waals surface area contributed by atoms with E-state index in [-0.39, 0.29) is 6.10 Å². The smallest absolute Gasteiger partial charge is 0.137 e. The van der Waals surface area contributed by atoms with E-state index in [2.05, 4.69) is 46.2 Å². The van der Waals surface area contributed by atoms with Gasteiger partial charge in [0.25, 0.3) is 0 Å². The van der Waals surface area contributed by atoms with Crippen molar-refractivity contribution in [2.45, 2.75) is 38.8 Å². The lowest BCUT2D eigenvalue weighted by atomic mass is 10.1. The summed E-state index contributed by atoms with van der Waals surface area (Å²) in [7, 11) is 0. The minimum atomic E-state index is 0.237. The molecule has 1 aliphatic heterocycles. The van der Waals surface area contributed by atoms with Gasteiger partial charge in [-0.3, -0.25) is 4.90 Å². The van der Waals surface area contributed by atoms with Crippen molar-refractivity contribution in [1.82, 2.24) is 14.9 Å². The highest BCUT2D eigenvalue weighted by Crippen LogP contribution is 2.28. The van der Waals surface area contributed by atoms with Crippen LogP contribution in [0.15, 0.2) is 18.5 Å². The van der Waals surface area contributed by atoms with Gasteiger partial charge in [0, 0.05) is 31.1 Å². The van der Waals surface area contributed by atoms with Gasteiger partial charge in [-0.15, -0.1) is 0 Å². The fourth-order valence-corrected chi connectivity index (χ4v) is 3.30. The van der Waals surface area contributed by atoms with Crippen LogP contribution in [0.3, 0.4) is 0 Å². The average molecular weight is 312 g/mol. The zero-order chi connectivity index (χ0) is 15.8. The van der Waals surface area contributed by atoms with Gasteiger partial charge in [0.15, 0.2) is 0 Å². The molecule has 4 rings (SSSR count). The molecule has 122 valence electrons. The fourth-order valence-electron chi connectivity index (χ4n) is 3.30. The second kappa shape index (κ2) is 6.06. The molecule has 1 saturated carbocycles. The van der Waals surface area contributed by atoms with Crippen molar-refractivity contribution in [3.05, 3.63) is 29.6 Å². The van der Waals surface area contributed by atoms with Crippen molar-refractivity contribution in [3.8, 4) is 0 Å². The Labute approximate surface area is 137 Å². The molecule has 1 aromatic carbocycles. The van der Waals surface area contributed by atoms with Crippen molar-refractivity contribution in [3.63, 3.8) is 0 Å². The van der Waals surface area contributed by atoms with E-state index in [0.29, 0.717) is 0 Å². The summed E-state index contributed by atoms with van der Waals surface area (Å²) in [6.45, 7) is 7.98. The summed E-state index contributed by atoms with van der Waals surface area (Å²) in [5.74, 6) is 0.908. The van der Waals surface area contributed by atoms with Gasteiger partial charge < -0.3 is 10.1 Å². The molecule has 5 heteroatoms. The van der Waals surface area contributed by atoms with E-state index in [1.54, 1.807) is 6.33 Å². The second-order valence-electron chi connectivity index (χ2n) is 6.78. The third kappa shape index (κ3) is 3.16. The topological polar surface area (TPSA) is 50.3 Å². The molecule has 1 aliphatic carbocycles. The minimum absolute atomic E-state index is 0.237. The van der Waals surface area contributed by atoms with Crippen molar-refractivity contribution in [2.24, 2.45) is 0 Å². The minimum Gasteiger partial charge on any atom is -0.374 e. The quantitative estimate of drug-likeness (QED) is 0.940. The standard InChI is InChI=1S/C18H24N4O/c1-12-7-16-17(8-13(12)2)20-11-21-18(16)19-9-15-10-22(5-6-23-15)14-3-4-14/h7-8,11,14-15H,3-6,9-10H2,1-2H3,(H,19,20,21)/t15-/m0/s1. The van der Waals surface area contributed by atoms with Crippen LogP contribution < -0.4 is 5.32 Å². The summed E-state index contributed by atoms with van der Waals surface area (Å²) in [6, 6.07) is 5.11. The Morgan fingerprint density at radius 3 is 2.87 bits per heavy atom. The average Bonchev–Trinajstić information content (AvgIpc) is 3.39. The van der Waals surface area contributed by atoms with Gasteiger partial charge >= 0.3 is 0 Å². The lowest BCUT2D eigenvalue weighted by Gasteiger charge is -2.33. The fraction of sp³-hybridized carbons (Fsp3) is 0.556. The molecule has 0 spiro atoms. The van der Waals surface area contributed by atoms with Crippen LogP contribution >= 0.6 is 0 Å². The van der Waals surface area contributed by atoms with Crippen LogP contribution in [0.5, 0.6) is 0 Å². The number of hydrogen-bond donors (Lipinski definition) is 1. The zero-order valence-corrected chi connectivity index (χ0v) is 13.9. The summed E-state index contributed by atoms with van der Waals surface area (Å²) in [5.41, 5.74) is 3.52. The van der Waals surface area contributed by atoms with E-state index in [1.165, 1.54) is 24.0 Å². The Bertz CT molecular complexity index is 713. The molecule has 0 bridgehead atoms. The number of hydrogen-bond acceptors (Lipinski definition) is 5. The number of anilines is 1. The Hall–Kier alpha value is -1.72. The van der Waals surface area contributed by atoms with Crippen LogP contribution in [0.1, 0.15) is 24.0 Å². The summed E-state index contributed by atoms with van der Waals surface area (Å²) in [6.07, 6.45) is 4.59. The first kappa shape index (κ1) is 14.8. The summed E-state index contributed by atoms with van der Waals surface area (Å²) < 4.78 is 5.92. The number of fused-ring (bicyclic) bond motifs is 1. The van der Waals surface area contributed by atoms with Crippen LogP contribution in [0.4, 0.5) is 5.82 Å². The Morgan fingerprint density at radius 2 is 2.04 bits per heavy atom. The normalized spacial score (nSPS) is 22.4. The maximum atomic E-state index is 5.92. The molecular formula is C18H24N4O. The molecule has 1 aromatic heterocycles. The summed E-state index contributed by atoms with van der Waals surface area (Å²) in [4.78, 5) is 11.4. The van der Waals surface area contributed by atoms with Gasteiger partial charge in [0.2, 0.25) is 0 Å². The predicted octanol–water partition coefficient (Wildman–Crippen LogP) is 2.52. The highest BCUT2D eigenvalue weighted by Gasteiger charge is 2.32. The van der Waals surface area contributed by atoms with E-state index in [0.717, 1.165) is 49.0 Å². The maximum absolute atomic E-state index is 5.92. The van der Waals surface area contributed by atoms with Crippen LogP contribution in [-0.2, 0) is 4.74 Å². The Balaban J connectivity index is 1.48. The van der Waals surface area contributed by atoms with E-state index in [1.807, 2.05) is 0 Å². The van der Waals surface area contributed by atoms with Crippen molar-refractivity contribution < 1.29 is 4.74 Å².